The van der Waals surface area contributed by atoms with Gasteiger partial charge in [-0.25, -0.2) is 0 Å². The van der Waals surface area contributed by atoms with Crippen LogP contribution in [0, 0.1) is 6.92 Å². The van der Waals surface area contributed by atoms with Gasteiger partial charge in [0, 0.05) is 15.7 Å². The highest BCUT2D eigenvalue weighted by Crippen LogP contribution is 2.46. The molecular formula is C13H13Br2NO2. The minimum Gasteiger partial charge on any atom is -0.343 e. The molecule has 1 saturated heterocycles. The number of hydrogen-bond donors (Lipinski definition) is 0. The van der Waals surface area contributed by atoms with Crippen molar-refractivity contribution in [3.05, 3.63) is 35.2 Å². The molecule has 1 aromatic heterocycles. The van der Waals surface area contributed by atoms with Crippen molar-refractivity contribution in [2.45, 2.75) is 24.0 Å². The standard InChI is InChI=1S/C13H13Br2NO2/c1-8-3-4-9-10(14)7-11(15)13(12(9)16-8)17-5-2-6-18-13/h3-4,7,11H,2,5-6H2,1H3. The molecule has 1 aliphatic carbocycles. The molecule has 5 heteroatoms. The van der Waals surface area contributed by atoms with Gasteiger partial charge in [0.2, 0.25) is 5.79 Å². The molecule has 1 unspecified atom stereocenters. The number of aryl methyl sites for hydroxylation is 1. The lowest BCUT2D eigenvalue weighted by Gasteiger charge is -2.42. The van der Waals surface area contributed by atoms with E-state index in [0.29, 0.717) is 13.2 Å². The Kier molecular flexibility index (Phi) is 3.34. The van der Waals surface area contributed by atoms with Crippen LogP contribution in [0.1, 0.15) is 23.4 Å². The fourth-order valence-electron chi connectivity index (χ4n) is 2.32. The summed E-state index contributed by atoms with van der Waals surface area (Å²) in [5.74, 6) is -0.781. The Morgan fingerprint density at radius 3 is 2.78 bits per heavy atom. The largest absolute Gasteiger partial charge is 0.343 e. The number of pyridine rings is 1. The molecule has 1 fully saturated rings. The first kappa shape index (κ1) is 12.8. The predicted molar refractivity (Wildman–Crippen MR) is 76.8 cm³/mol. The van der Waals surface area contributed by atoms with Gasteiger partial charge in [-0.1, -0.05) is 44.0 Å². The number of hydrogen-bond acceptors (Lipinski definition) is 3. The van der Waals surface area contributed by atoms with E-state index in [-0.39, 0.29) is 4.83 Å². The van der Waals surface area contributed by atoms with Crippen LogP contribution in [0.15, 0.2) is 18.2 Å². The van der Waals surface area contributed by atoms with Crippen molar-refractivity contribution in [3.8, 4) is 0 Å². The summed E-state index contributed by atoms with van der Waals surface area (Å²) in [5.41, 5.74) is 2.87. The summed E-state index contributed by atoms with van der Waals surface area (Å²) in [7, 11) is 0. The fraction of sp³-hybridized carbons (Fsp3) is 0.462. The van der Waals surface area contributed by atoms with Gasteiger partial charge in [-0.2, -0.15) is 0 Å². The van der Waals surface area contributed by atoms with Crippen LogP contribution < -0.4 is 0 Å². The minimum absolute atomic E-state index is 0.0403. The molecule has 3 nitrogen and oxygen atoms in total. The normalized spacial score (nSPS) is 25.7. The second-order valence-corrected chi connectivity index (χ2v) is 6.32. The number of fused-ring (bicyclic) bond motifs is 2. The van der Waals surface area contributed by atoms with Crippen molar-refractivity contribution in [2.24, 2.45) is 0 Å². The van der Waals surface area contributed by atoms with Crippen LogP contribution in [0.4, 0.5) is 0 Å². The summed E-state index contributed by atoms with van der Waals surface area (Å²) in [6.07, 6.45) is 2.98. The molecule has 96 valence electrons. The van der Waals surface area contributed by atoms with E-state index in [9.17, 15) is 0 Å². The van der Waals surface area contributed by atoms with Gasteiger partial charge in [0.05, 0.1) is 18.0 Å². The third-order valence-electron chi connectivity index (χ3n) is 3.20. The van der Waals surface area contributed by atoms with Crippen LogP contribution in [-0.2, 0) is 15.3 Å². The molecule has 1 aliphatic heterocycles. The zero-order chi connectivity index (χ0) is 12.8. The third kappa shape index (κ3) is 1.88. The van der Waals surface area contributed by atoms with Gasteiger partial charge in [-0.15, -0.1) is 0 Å². The van der Waals surface area contributed by atoms with E-state index in [2.05, 4.69) is 49.0 Å². The molecule has 18 heavy (non-hydrogen) atoms. The summed E-state index contributed by atoms with van der Waals surface area (Å²) in [6.45, 7) is 3.37. The summed E-state index contributed by atoms with van der Waals surface area (Å²) in [6, 6.07) is 4.05. The Morgan fingerprint density at radius 1 is 1.33 bits per heavy atom. The highest BCUT2D eigenvalue weighted by Gasteiger charge is 2.48. The van der Waals surface area contributed by atoms with E-state index in [1.807, 2.05) is 13.0 Å². The number of alkyl halides is 1. The summed E-state index contributed by atoms with van der Waals surface area (Å²) in [5, 5.41) is 0. The first-order valence-corrected chi connectivity index (χ1v) is 7.62. The van der Waals surface area contributed by atoms with E-state index in [1.54, 1.807) is 0 Å². The number of nitrogens with zero attached hydrogens (tertiary/aromatic N) is 1. The van der Waals surface area contributed by atoms with Gasteiger partial charge in [0.1, 0.15) is 5.69 Å². The van der Waals surface area contributed by atoms with E-state index in [0.717, 1.165) is 27.9 Å². The Hall–Kier alpha value is -0.230. The van der Waals surface area contributed by atoms with Gasteiger partial charge in [0.25, 0.3) is 0 Å². The highest BCUT2D eigenvalue weighted by molar-refractivity contribution is 9.15. The van der Waals surface area contributed by atoms with Crippen molar-refractivity contribution < 1.29 is 9.47 Å². The van der Waals surface area contributed by atoms with Crippen LogP contribution >= 0.6 is 31.9 Å². The number of rotatable bonds is 0. The lowest BCUT2D eigenvalue weighted by molar-refractivity contribution is -0.272. The van der Waals surface area contributed by atoms with E-state index in [4.69, 9.17) is 9.47 Å². The van der Waals surface area contributed by atoms with Crippen molar-refractivity contribution in [1.82, 2.24) is 4.98 Å². The smallest absolute Gasteiger partial charge is 0.229 e. The van der Waals surface area contributed by atoms with Gasteiger partial charge >= 0.3 is 0 Å². The third-order valence-corrected chi connectivity index (χ3v) is 4.76. The van der Waals surface area contributed by atoms with E-state index in [1.165, 1.54) is 0 Å². The van der Waals surface area contributed by atoms with Crippen molar-refractivity contribution in [1.29, 1.82) is 0 Å². The highest BCUT2D eigenvalue weighted by atomic mass is 79.9. The SMILES string of the molecule is Cc1ccc2c(n1)C1(OCCCO1)C(Br)C=C2Br. The van der Waals surface area contributed by atoms with Gasteiger partial charge < -0.3 is 9.47 Å². The monoisotopic (exact) mass is 373 g/mol. The Bertz CT molecular complexity index is 510. The van der Waals surface area contributed by atoms with Crippen LogP contribution in [0.25, 0.3) is 4.48 Å². The van der Waals surface area contributed by atoms with E-state index < -0.39 is 5.79 Å². The summed E-state index contributed by atoms with van der Waals surface area (Å²) >= 11 is 7.23. The van der Waals surface area contributed by atoms with Crippen LogP contribution in [0.5, 0.6) is 0 Å². The second-order valence-electron chi connectivity index (χ2n) is 4.48. The van der Waals surface area contributed by atoms with Gasteiger partial charge in [-0.05, 0) is 19.4 Å². The van der Waals surface area contributed by atoms with Crippen molar-refractivity contribution in [2.75, 3.05) is 13.2 Å². The summed E-state index contributed by atoms with van der Waals surface area (Å²) in [4.78, 5) is 4.60. The van der Waals surface area contributed by atoms with E-state index >= 15 is 0 Å². The first-order valence-electron chi connectivity index (χ1n) is 5.91. The molecule has 0 amide bonds. The predicted octanol–water partition coefficient (Wildman–Crippen LogP) is 3.49. The molecule has 0 saturated carbocycles. The van der Waals surface area contributed by atoms with Crippen LogP contribution in [-0.4, -0.2) is 23.0 Å². The number of halogens is 2. The average Bonchev–Trinajstić information content (AvgIpc) is 2.37. The quantitative estimate of drug-likeness (QED) is 0.651. The maximum absolute atomic E-state index is 5.95. The molecule has 1 spiro atoms. The zero-order valence-corrected chi connectivity index (χ0v) is 13.1. The first-order chi connectivity index (χ1) is 8.63. The van der Waals surface area contributed by atoms with Gasteiger partial charge in [-0.3, -0.25) is 4.98 Å². The molecule has 0 bridgehead atoms. The van der Waals surface area contributed by atoms with Crippen molar-refractivity contribution in [3.63, 3.8) is 0 Å². The lowest BCUT2D eigenvalue weighted by atomic mass is 9.95. The topological polar surface area (TPSA) is 31.4 Å². The van der Waals surface area contributed by atoms with Crippen LogP contribution in [0.3, 0.4) is 0 Å². The lowest BCUT2D eigenvalue weighted by Crippen LogP contribution is -2.47. The molecular weight excluding hydrogens is 362 g/mol. The Labute approximate surface area is 123 Å². The van der Waals surface area contributed by atoms with Gasteiger partial charge in [0.15, 0.2) is 0 Å². The van der Waals surface area contributed by atoms with Crippen molar-refractivity contribution >= 4 is 36.3 Å². The average molecular weight is 375 g/mol. The molecule has 0 radical (unpaired) electrons. The maximum Gasteiger partial charge on any atom is 0.229 e. The molecule has 1 atom stereocenters. The zero-order valence-electron chi connectivity index (χ0n) is 9.95. The number of ether oxygens (including phenoxy) is 2. The fourth-order valence-corrected chi connectivity index (χ4v) is 4.00. The molecule has 1 aromatic rings. The maximum atomic E-state index is 5.95. The molecule has 2 heterocycles. The van der Waals surface area contributed by atoms with Crippen LogP contribution in [0.2, 0.25) is 0 Å². The molecule has 0 N–H and O–H groups in total. The summed E-state index contributed by atoms with van der Waals surface area (Å²) < 4.78 is 12.9. The molecule has 3 rings (SSSR count). The molecule has 0 aromatic carbocycles. The Morgan fingerprint density at radius 2 is 2.06 bits per heavy atom. The molecule has 2 aliphatic rings. The Balaban J connectivity index is 2.19. The second kappa shape index (κ2) is 4.71. The minimum atomic E-state index is -0.781. The number of aromatic nitrogens is 1.